The number of halogens is 2. The molecule has 9 heteroatoms. The fourth-order valence-electron chi connectivity index (χ4n) is 3.82. The molecule has 0 fully saturated rings. The molecule has 0 spiro atoms. The number of rotatable bonds is 7. The molecule has 3 rings (SSSR count). The molecule has 0 saturated heterocycles. The molecule has 1 aromatic heterocycles. The number of aromatic nitrogens is 2. The molecule has 1 aliphatic rings. The SMILES string of the molecule is CC(C)(C)[C@H](CC(=O)c1nc(-c2ccc(F)c(F)c2)n2c1COCCC2)C(=O)NCCO. The van der Waals surface area contributed by atoms with Gasteiger partial charge in [0.25, 0.3) is 0 Å². The molecule has 7 nitrogen and oxygen atoms in total. The number of aliphatic hydroxyl groups excluding tert-OH is 1. The fraction of sp³-hybridized carbons (Fsp3) is 0.522. The van der Waals surface area contributed by atoms with Crippen LogP contribution in [0.1, 0.15) is 49.8 Å². The normalized spacial score (nSPS) is 15.1. The van der Waals surface area contributed by atoms with Gasteiger partial charge in [0.1, 0.15) is 11.5 Å². The van der Waals surface area contributed by atoms with Crippen LogP contribution in [0.2, 0.25) is 0 Å². The van der Waals surface area contributed by atoms with Gasteiger partial charge in [-0.05, 0) is 30.0 Å². The molecule has 0 bridgehead atoms. The first kappa shape index (κ1) is 24.0. The van der Waals surface area contributed by atoms with Crippen molar-refractivity contribution in [2.24, 2.45) is 11.3 Å². The summed E-state index contributed by atoms with van der Waals surface area (Å²) in [5.41, 5.74) is 0.594. The van der Waals surface area contributed by atoms with Crippen LogP contribution >= 0.6 is 0 Å². The summed E-state index contributed by atoms with van der Waals surface area (Å²) in [5, 5.41) is 11.6. The van der Waals surface area contributed by atoms with Crippen LogP contribution in [0.25, 0.3) is 11.4 Å². The van der Waals surface area contributed by atoms with Crippen molar-refractivity contribution >= 4 is 11.7 Å². The number of ketones is 1. The molecule has 0 aliphatic carbocycles. The maximum absolute atomic E-state index is 13.9. The fourth-order valence-corrected chi connectivity index (χ4v) is 3.82. The second-order valence-corrected chi connectivity index (χ2v) is 8.98. The van der Waals surface area contributed by atoms with E-state index in [1.807, 2.05) is 25.3 Å². The van der Waals surface area contributed by atoms with Crippen LogP contribution < -0.4 is 5.32 Å². The highest BCUT2D eigenvalue weighted by atomic mass is 19.2. The van der Waals surface area contributed by atoms with Crippen LogP contribution in [-0.4, -0.2) is 46.1 Å². The Kier molecular flexibility index (Phi) is 7.40. The Labute approximate surface area is 185 Å². The molecule has 0 saturated carbocycles. The standard InChI is InChI=1S/C23H29F2N3O4/c1-23(2,3)15(22(31)26-7-9-29)12-19(30)20-18-13-32-10-4-8-28(18)21(27-20)14-5-6-16(24)17(25)11-14/h5-6,11,15,29H,4,7-10,12-13H2,1-3H3,(H,26,31)/t15-/m1/s1. The first-order valence-corrected chi connectivity index (χ1v) is 10.7. The first-order valence-electron chi connectivity index (χ1n) is 10.7. The Morgan fingerprint density at radius 3 is 2.69 bits per heavy atom. The number of imidazole rings is 1. The van der Waals surface area contributed by atoms with Crippen molar-refractivity contribution in [1.29, 1.82) is 0 Å². The van der Waals surface area contributed by atoms with Gasteiger partial charge in [-0.15, -0.1) is 0 Å². The number of fused-ring (bicyclic) bond motifs is 1. The number of carbonyl (C=O) groups excluding carboxylic acids is 2. The highest BCUT2D eigenvalue weighted by Gasteiger charge is 2.35. The second-order valence-electron chi connectivity index (χ2n) is 8.98. The van der Waals surface area contributed by atoms with Gasteiger partial charge in [-0.2, -0.15) is 0 Å². The Balaban J connectivity index is 1.99. The zero-order chi connectivity index (χ0) is 23.5. The average Bonchev–Trinajstić information content (AvgIpc) is 2.92. The summed E-state index contributed by atoms with van der Waals surface area (Å²) in [4.78, 5) is 30.5. The van der Waals surface area contributed by atoms with E-state index in [-0.39, 0.29) is 43.6 Å². The van der Waals surface area contributed by atoms with Gasteiger partial charge in [0, 0.05) is 31.7 Å². The lowest BCUT2D eigenvalue weighted by Gasteiger charge is -2.29. The number of nitrogens with zero attached hydrogens (tertiary/aromatic N) is 2. The molecule has 1 amide bonds. The number of carbonyl (C=O) groups is 2. The van der Waals surface area contributed by atoms with E-state index >= 15 is 0 Å². The average molecular weight is 449 g/mol. The van der Waals surface area contributed by atoms with Crippen molar-refractivity contribution in [1.82, 2.24) is 14.9 Å². The smallest absolute Gasteiger partial charge is 0.224 e. The van der Waals surface area contributed by atoms with E-state index in [2.05, 4.69) is 10.3 Å². The summed E-state index contributed by atoms with van der Waals surface area (Å²) >= 11 is 0. The third-order valence-electron chi connectivity index (χ3n) is 5.59. The number of nitrogens with one attached hydrogen (secondary N) is 1. The maximum Gasteiger partial charge on any atom is 0.224 e. The monoisotopic (exact) mass is 449 g/mol. The lowest BCUT2D eigenvalue weighted by atomic mass is 9.77. The van der Waals surface area contributed by atoms with Crippen LogP contribution in [0.3, 0.4) is 0 Å². The molecule has 1 atom stereocenters. The molecule has 1 aliphatic heterocycles. The minimum atomic E-state index is -0.994. The van der Waals surface area contributed by atoms with Crippen molar-refractivity contribution in [3.05, 3.63) is 41.2 Å². The summed E-state index contributed by atoms with van der Waals surface area (Å²) in [6.07, 6.45) is 0.601. The molecule has 2 heterocycles. The molecule has 174 valence electrons. The third kappa shape index (κ3) is 5.21. The minimum Gasteiger partial charge on any atom is -0.395 e. The molecule has 0 radical (unpaired) electrons. The number of aliphatic hydroxyl groups is 1. The predicted molar refractivity (Wildman–Crippen MR) is 114 cm³/mol. The summed E-state index contributed by atoms with van der Waals surface area (Å²) < 4.78 is 34.7. The number of hydrogen-bond donors (Lipinski definition) is 2. The van der Waals surface area contributed by atoms with Gasteiger partial charge in [-0.25, -0.2) is 13.8 Å². The van der Waals surface area contributed by atoms with Gasteiger partial charge in [0.05, 0.1) is 24.8 Å². The summed E-state index contributed by atoms with van der Waals surface area (Å²) in [6.45, 7) is 6.69. The quantitative estimate of drug-likeness (QED) is 0.634. The largest absolute Gasteiger partial charge is 0.395 e. The lowest BCUT2D eigenvalue weighted by molar-refractivity contribution is -0.128. The van der Waals surface area contributed by atoms with E-state index < -0.39 is 23.0 Å². The zero-order valence-electron chi connectivity index (χ0n) is 18.6. The van der Waals surface area contributed by atoms with Crippen molar-refractivity contribution in [2.45, 2.75) is 46.8 Å². The van der Waals surface area contributed by atoms with E-state index in [0.717, 1.165) is 12.1 Å². The molecular formula is C23H29F2N3O4. The number of Topliss-reactive ketones (excluding diaryl/α,β-unsaturated/α-hetero) is 1. The lowest BCUT2D eigenvalue weighted by Crippen LogP contribution is -2.40. The molecule has 2 N–H and O–H groups in total. The van der Waals surface area contributed by atoms with Gasteiger partial charge in [-0.1, -0.05) is 20.8 Å². The number of hydrogen-bond acceptors (Lipinski definition) is 5. The Hall–Kier alpha value is -2.65. The van der Waals surface area contributed by atoms with E-state index in [1.54, 1.807) is 0 Å². The van der Waals surface area contributed by atoms with Crippen LogP contribution in [-0.2, 0) is 22.7 Å². The van der Waals surface area contributed by atoms with Crippen molar-refractivity contribution in [2.75, 3.05) is 19.8 Å². The zero-order valence-corrected chi connectivity index (χ0v) is 18.6. The summed E-state index contributed by atoms with van der Waals surface area (Å²) in [5.74, 6) is -2.87. The van der Waals surface area contributed by atoms with Gasteiger partial charge >= 0.3 is 0 Å². The first-order chi connectivity index (χ1) is 15.1. The Bertz CT molecular complexity index is 998. The molecule has 1 aromatic carbocycles. The van der Waals surface area contributed by atoms with Crippen LogP contribution in [0.4, 0.5) is 8.78 Å². The van der Waals surface area contributed by atoms with Gasteiger partial charge < -0.3 is 19.7 Å². The molecule has 0 unspecified atom stereocenters. The number of ether oxygens (including phenoxy) is 1. The number of benzene rings is 1. The second kappa shape index (κ2) is 9.87. The summed E-state index contributed by atoms with van der Waals surface area (Å²) in [6, 6.07) is 3.52. The summed E-state index contributed by atoms with van der Waals surface area (Å²) in [7, 11) is 0. The van der Waals surface area contributed by atoms with Gasteiger partial charge in [0.15, 0.2) is 17.4 Å². The van der Waals surface area contributed by atoms with Crippen molar-refractivity contribution in [3.63, 3.8) is 0 Å². The predicted octanol–water partition coefficient (Wildman–Crippen LogP) is 3.09. The highest BCUT2D eigenvalue weighted by molar-refractivity contribution is 5.98. The van der Waals surface area contributed by atoms with Crippen LogP contribution in [0, 0.1) is 23.0 Å². The van der Waals surface area contributed by atoms with E-state index in [9.17, 15) is 18.4 Å². The Morgan fingerprint density at radius 1 is 1.28 bits per heavy atom. The van der Waals surface area contributed by atoms with Gasteiger partial charge in [-0.3, -0.25) is 9.59 Å². The van der Waals surface area contributed by atoms with Gasteiger partial charge in [0.2, 0.25) is 5.91 Å². The van der Waals surface area contributed by atoms with E-state index in [0.29, 0.717) is 36.7 Å². The van der Waals surface area contributed by atoms with Crippen molar-refractivity contribution < 1.29 is 28.2 Å². The van der Waals surface area contributed by atoms with E-state index in [1.165, 1.54) is 6.07 Å². The van der Waals surface area contributed by atoms with E-state index in [4.69, 9.17) is 9.84 Å². The topological polar surface area (TPSA) is 93.5 Å². The van der Waals surface area contributed by atoms with Crippen LogP contribution in [0.15, 0.2) is 18.2 Å². The molecule has 2 aromatic rings. The van der Waals surface area contributed by atoms with Crippen molar-refractivity contribution in [3.8, 4) is 11.4 Å². The maximum atomic E-state index is 13.9. The third-order valence-corrected chi connectivity index (χ3v) is 5.59. The molecular weight excluding hydrogens is 420 g/mol. The number of amides is 1. The highest BCUT2D eigenvalue weighted by Crippen LogP contribution is 2.32. The van der Waals surface area contributed by atoms with Crippen LogP contribution in [0.5, 0.6) is 0 Å². The minimum absolute atomic E-state index is 0.0814. The Morgan fingerprint density at radius 2 is 2.03 bits per heavy atom. The molecule has 32 heavy (non-hydrogen) atoms.